The minimum Gasteiger partial charge on any atom is -0.494 e. The number of benzene rings is 2. The molecule has 0 unspecified atom stereocenters. The van der Waals surface area contributed by atoms with Gasteiger partial charge in [0.25, 0.3) is 5.91 Å². The number of rotatable bonds is 12. The molecule has 0 saturated carbocycles. The molecule has 198 valence electrons. The van der Waals surface area contributed by atoms with E-state index in [0.717, 1.165) is 6.07 Å². The summed E-state index contributed by atoms with van der Waals surface area (Å²) >= 11 is 0. The molecule has 38 heavy (non-hydrogen) atoms. The number of unbranched alkanes of at least 4 members (excludes halogenated alkanes) is 1. The van der Waals surface area contributed by atoms with Crippen LogP contribution >= 0.6 is 0 Å². The molecule has 0 radical (unpaired) electrons. The van der Waals surface area contributed by atoms with E-state index >= 15 is 0 Å². The van der Waals surface area contributed by atoms with E-state index in [2.05, 4.69) is 31.9 Å². The summed E-state index contributed by atoms with van der Waals surface area (Å²) in [7, 11) is 1.54. The van der Waals surface area contributed by atoms with Gasteiger partial charge in [-0.1, -0.05) is 0 Å². The van der Waals surface area contributed by atoms with Crippen LogP contribution in [0.5, 0.6) is 11.5 Å². The number of carboxylic acid groups (broad SMARTS) is 1. The Balaban J connectivity index is 1.27. The van der Waals surface area contributed by atoms with Crippen LogP contribution in [0.3, 0.4) is 0 Å². The Morgan fingerprint density at radius 2 is 1.92 bits per heavy atom. The zero-order valence-electron chi connectivity index (χ0n) is 20.2. The van der Waals surface area contributed by atoms with Crippen LogP contribution in [0, 0.1) is 5.82 Å². The Labute approximate surface area is 215 Å². The molecule has 1 amide bonds. The van der Waals surface area contributed by atoms with Gasteiger partial charge in [0.1, 0.15) is 5.75 Å². The van der Waals surface area contributed by atoms with E-state index in [1.165, 1.54) is 36.4 Å². The van der Waals surface area contributed by atoms with Crippen LogP contribution in [0.2, 0.25) is 0 Å². The lowest BCUT2D eigenvalue weighted by molar-refractivity contribution is -0.110. The number of amidine groups is 1. The smallest absolute Gasteiger partial charge is 0.337 e. The summed E-state index contributed by atoms with van der Waals surface area (Å²) < 4.78 is 25.4. The molecular weight excluding hydrogens is 501 g/mol. The molecule has 0 saturated heterocycles. The summed E-state index contributed by atoms with van der Waals surface area (Å²) in [6.45, 7) is 0.481. The number of carbonyl (C=O) groups is 3. The van der Waals surface area contributed by atoms with Gasteiger partial charge >= 0.3 is 5.97 Å². The normalized spacial score (nSPS) is 13.6. The van der Waals surface area contributed by atoms with Crippen molar-refractivity contribution in [1.29, 1.82) is 0 Å². The fourth-order valence-electron chi connectivity index (χ4n) is 3.48. The fourth-order valence-corrected chi connectivity index (χ4v) is 3.48. The van der Waals surface area contributed by atoms with Gasteiger partial charge in [-0.15, -0.1) is 15.7 Å². The highest BCUT2D eigenvalue weighted by Gasteiger charge is 2.22. The summed E-state index contributed by atoms with van der Waals surface area (Å²) in [4.78, 5) is 35.3. The molecule has 2 aliphatic rings. The first-order valence-corrected chi connectivity index (χ1v) is 11.5. The highest BCUT2D eigenvalue weighted by atomic mass is 19.1. The lowest BCUT2D eigenvalue weighted by Gasteiger charge is -2.16. The number of carboxylic acids is 1. The number of hydrazine groups is 2. The summed E-state index contributed by atoms with van der Waals surface area (Å²) in [6.07, 6.45) is 4.80. The first kappa shape index (κ1) is 26.1. The van der Waals surface area contributed by atoms with Gasteiger partial charge in [-0.3, -0.25) is 9.59 Å². The SMILES string of the molecule is CNc1cc(OCCCCOc2ccc(C=O)c(NC(=O)C3=NN4NNN=C4C=C3)c2)c(F)cc1C(=O)O. The first-order valence-electron chi connectivity index (χ1n) is 11.5. The third-order valence-electron chi connectivity index (χ3n) is 5.41. The monoisotopic (exact) mass is 525 g/mol. The molecule has 13 nitrogen and oxygen atoms in total. The van der Waals surface area contributed by atoms with Crippen LogP contribution in [-0.4, -0.2) is 60.2 Å². The van der Waals surface area contributed by atoms with Crippen molar-refractivity contribution in [1.82, 2.24) is 16.2 Å². The van der Waals surface area contributed by atoms with Gasteiger partial charge < -0.3 is 25.2 Å². The maximum atomic E-state index is 14.2. The van der Waals surface area contributed by atoms with Gasteiger partial charge in [0.15, 0.2) is 29.4 Å². The van der Waals surface area contributed by atoms with Crippen LogP contribution in [0.15, 0.2) is 52.7 Å². The molecule has 0 fully saturated rings. The van der Waals surface area contributed by atoms with Crippen molar-refractivity contribution in [3.8, 4) is 11.5 Å². The molecule has 5 N–H and O–H groups in total. The van der Waals surface area contributed by atoms with Gasteiger partial charge in [0.2, 0.25) is 0 Å². The Bertz CT molecular complexity index is 1340. The molecule has 0 spiro atoms. The van der Waals surface area contributed by atoms with Crippen molar-refractivity contribution in [2.24, 2.45) is 10.2 Å². The summed E-state index contributed by atoms with van der Waals surface area (Å²) in [5.41, 5.74) is 5.83. The lowest BCUT2D eigenvalue weighted by atomic mass is 10.1. The molecule has 0 aliphatic carbocycles. The van der Waals surface area contributed by atoms with Gasteiger partial charge in [-0.05, 0) is 43.2 Å². The number of nitrogens with zero attached hydrogens (tertiary/aromatic N) is 3. The molecule has 2 aromatic carbocycles. The van der Waals surface area contributed by atoms with E-state index in [1.807, 2.05) is 0 Å². The van der Waals surface area contributed by atoms with Crippen molar-refractivity contribution in [3.63, 3.8) is 0 Å². The minimum absolute atomic E-state index is 0.0530. The molecule has 14 heteroatoms. The van der Waals surface area contributed by atoms with Crippen molar-refractivity contribution >= 4 is 41.1 Å². The molecule has 0 bridgehead atoms. The number of amides is 1. The lowest BCUT2D eigenvalue weighted by Crippen LogP contribution is -2.40. The number of hydrogen-bond acceptors (Lipinski definition) is 11. The van der Waals surface area contributed by atoms with Crippen LogP contribution in [-0.2, 0) is 4.79 Å². The van der Waals surface area contributed by atoms with Gasteiger partial charge in [-0.2, -0.15) is 5.12 Å². The number of halogens is 1. The maximum absolute atomic E-state index is 14.2. The number of ether oxygens (including phenoxy) is 2. The quantitative estimate of drug-likeness (QED) is 0.205. The molecule has 0 aromatic heterocycles. The number of anilines is 2. The highest BCUT2D eigenvalue weighted by molar-refractivity contribution is 6.48. The highest BCUT2D eigenvalue weighted by Crippen LogP contribution is 2.27. The molecule has 2 aromatic rings. The van der Waals surface area contributed by atoms with Gasteiger partial charge in [0.05, 0.1) is 30.2 Å². The summed E-state index contributed by atoms with van der Waals surface area (Å²) in [5, 5.41) is 23.8. The maximum Gasteiger partial charge on any atom is 0.337 e. The molecule has 2 heterocycles. The summed E-state index contributed by atoms with van der Waals surface area (Å²) in [6, 6.07) is 6.88. The average molecular weight is 525 g/mol. The van der Waals surface area contributed by atoms with E-state index in [1.54, 1.807) is 12.1 Å². The third-order valence-corrected chi connectivity index (χ3v) is 5.41. The van der Waals surface area contributed by atoms with Gasteiger partial charge in [-0.25, -0.2) is 14.7 Å². The van der Waals surface area contributed by atoms with E-state index in [4.69, 9.17) is 14.6 Å². The Morgan fingerprint density at radius 3 is 2.66 bits per heavy atom. The molecule has 2 aliphatic heterocycles. The van der Waals surface area contributed by atoms with Crippen LogP contribution in [0.1, 0.15) is 33.6 Å². The van der Waals surface area contributed by atoms with Crippen molar-refractivity contribution in [2.45, 2.75) is 12.8 Å². The van der Waals surface area contributed by atoms with Crippen LogP contribution in [0.4, 0.5) is 15.8 Å². The second-order valence-corrected chi connectivity index (χ2v) is 7.93. The zero-order valence-corrected chi connectivity index (χ0v) is 20.2. The van der Waals surface area contributed by atoms with Crippen molar-refractivity contribution in [3.05, 3.63) is 59.4 Å². The number of hydrogen-bond donors (Lipinski definition) is 5. The van der Waals surface area contributed by atoms with Crippen molar-refractivity contribution < 1.29 is 33.4 Å². The number of nitrogens with one attached hydrogen (secondary N) is 4. The fraction of sp³-hybridized carbons (Fsp3) is 0.208. The Kier molecular flexibility index (Phi) is 8.13. The number of carbonyl (C=O) groups excluding carboxylic acids is 2. The predicted octanol–water partition coefficient (Wildman–Crippen LogP) is 2.12. The van der Waals surface area contributed by atoms with Crippen molar-refractivity contribution in [2.75, 3.05) is 30.9 Å². The number of aromatic carboxylic acids is 1. The van der Waals surface area contributed by atoms with Crippen LogP contribution in [0.25, 0.3) is 0 Å². The van der Waals surface area contributed by atoms with E-state index in [0.29, 0.717) is 37.3 Å². The molecule has 4 rings (SSSR count). The second kappa shape index (κ2) is 11.8. The van der Waals surface area contributed by atoms with Crippen LogP contribution < -0.4 is 31.2 Å². The number of hydrazone groups is 2. The largest absolute Gasteiger partial charge is 0.494 e. The number of fused-ring (bicyclic) bond motifs is 1. The molecular formula is C24H24FN7O6. The predicted molar refractivity (Wildman–Crippen MR) is 136 cm³/mol. The number of aldehydes is 1. The average Bonchev–Trinajstić information content (AvgIpc) is 3.39. The third kappa shape index (κ3) is 6.04. The van der Waals surface area contributed by atoms with E-state index in [9.17, 15) is 18.8 Å². The Morgan fingerprint density at radius 1 is 1.13 bits per heavy atom. The Hall–Kier alpha value is -4.98. The summed E-state index contributed by atoms with van der Waals surface area (Å²) in [5.74, 6) is -1.68. The second-order valence-electron chi connectivity index (χ2n) is 7.93. The van der Waals surface area contributed by atoms with E-state index < -0.39 is 17.7 Å². The topological polar surface area (TPSA) is 166 Å². The van der Waals surface area contributed by atoms with E-state index in [-0.39, 0.29) is 40.6 Å². The first-order chi connectivity index (χ1) is 18.4. The molecule has 0 atom stereocenters. The zero-order chi connectivity index (χ0) is 27.1. The standard InChI is InChI=1S/C24H24FN7O6/c1-26-20-12-21(17(25)11-16(20)24(35)36)38-9-3-2-8-37-15-5-4-14(13-33)19(10-15)27-23(34)18-6-7-22-28-30-31-32(22)29-18/h4-7,10-13,26,30-31H,2-3,8-9H2,1H3,(H,27,34)(H,35,36). The minimum atomic E-state index is -1.24. The van der Waals surface area contributed by atoms with Gasteiger partial charge in [0, 0.05) is 24.7 Å².